The smallest absolute Gasteiger partial charge is 0.294 e. The summed E-state index contributed by atoms with van der Waals surface area (Å²) in [7, 11) is 0. The molecule has 1 aromatic carbocycles. The normalized spacial score (nSPS) is 18.4. The van der Waals surface area contributed by atoms with E-state index in [1.54, 1.807) is 19.1 Å². The molecule has 2 atom stereocenters. The van der Waals surface area contributed by atoms with E-state index in [4.69, 9.17) is 5.73 Å². The molecule has 10 heteroatoms. The van der Waals surface area contributed by atoms with Crippen LogP contribution in [0.15, 0.2) is 35.1 Å². The van der Waals surface area contributed by atoms with E-state index < -0.39 is 16.3 Å². The van der Waals surface area contributed by atoms with Crippen LogP contribution in [0.25, 0.3) is 5.69 Å². The van der Waals surface area contributed by atoms with Gasteiger partial charge in [0.15, 0.2) is 5.69 Å². The third-order valence-corrected chi connectivity index (χ3v) is 4.91. The van der Waals surface area contributed by atoms with Gasteiger partial charge in [0.05, 0.1) is 4.92 Å². The van der Waals surface area contributed by atoms with E-state index >= 15 is 0 Å². The zero-order chi connectivity index (χ0) is 19.6. The van der Waals surface area contributed by atoms with Crippen LogP contribution in [0.5, 0.6) is 0 Å². The number of aryl methyl sites for hydroxylation is 1. The molecule has 2 unspecified atom stereocenters. The number of carbonyl (C=O) groups excluding carboxylic acids is 1. The topological polar surface area (TPSA) is 133 Å². The van der Waals surface area contributed by atoms with E-state index in [-0.39, 0.29) is 41.4 Å². The molecule has 150 valence electrons. The molecule has 1 heterocycles. The van der Waals surface area contributed by atoms with Crippen molar-refractivity contribution in [3.8, 4) is 5.69 Å². The summed E-state index contributed by atoms with van der Waals surface area (Å²) in [6, 6.07) is 7.20. The number of nitrogens with two attached hydrogens (primary N) is 1. The van der Waals surface area contributed by atoms with E-state index in [1.165, 1.54) is 22.9 Å². The Morgan fingerprint density at radius 1 is 1.39 bits per heavy atom. The monoisotopic (exact) mass is 407 g/mol. The highest BCUT2D eigenvalue weighted by Crippen LogP contribution is 2.25. The largest absolute Gasteiger partial charge is 0.347 e. The van der Waals surface area contributed by atoms with Crippen LogP contribution in [-0.2, 0) is 0 Å². The first-order valence-electron chi connectivity index (χ1n) is 8.78. The molecule has 3 N–H and O–H groups in total. The van der Waals surface area contributed by atoms with Gasteiger partial charge in [-0.3, -0.25) is 19.7 Å². The van der Waals surface area contributed by atoms with Crippen molar-refractivity contribution in [3.63, 3.8) is 0 Å². The Hall–Kier alpha value is -2.78. The minimum Gasteiger partial charge on any atom is -0.347 e. The molecule has 1 amide bonds. The quantitative estimate of drug-likeness (QED) is 0.572. The molecule has 1 saturated carbocycles. The predicted molar refractivity (Wildman–Crippen MR) is 106 cm³/mol. The van der Waals surface area contributed by atoms with Gasteiger partial charge in [-0.2, -0.15) is 5.10 Å². The van der Waals surface area contributed by atoms with Gasteiger partial charge in [0.25, 0.3) is 11.6 Å². The fraction of sp³-hybridized carbons (Fsp3) is 0.389. The molecule has 28 heavy (non-hydrogen) atoms. The number of aromatic nitrogens is 2. The van der Waals surface area contributed by atoms with Crippen LogP contribution in [0.3, 0.4) is 0 Å². The van der Waals surface area contributed by atoms with Crippen molar-refractivity contribution >= 4 is 24.0 Å². The van der Waals surface area contributed by atoms with Gasteiger partial charge in [0.1, 0.15) is 5.69 Å². The van der Waals surface area contributed by atoms with E-state index in [0.29, 0.717) is 12.2 Å². The molecule has 0 bridgehead atoms. The fourth-order valence-corrected chi connectivity index (χ4v) is 3.49. The lowest BCUT2D eigenvalue weighted by atomic mass is 10.0. The van der Waals surface area contributed by atoms with Crippen LogP contribution in [-0.4, -0.2) is 33.2 Å². The zero-order valence-corrected chi connectivity index (χ0v) is 16.1. The number of para-hydroxylation sites is 2. The van der Waals surface area contributed by atoms with Crippen LogP contribution in [0.1, 0.15) is 35.4 Å². The molecule has 0 radical (unpaired) electrons. The Balaban J connectivity index is 0.00000280. The molecular weight excluding hydrogens is 386 g/mol. The van der Waals surface area contributed by atoms with Crippen molar-refractivity contribution in [2.75, 3.05) is 6.54 Å². The Kier molecular flexibility index (Phi) is 6.87. The van der Waals surface area contributed by atoms with Gasteiger partial charge in [-0.25, -0.2) is 4.68 Å². The number of carbonyl (C=O) groups is 1. The molecule has 9 nitrogen and oxygen atoms in total. The summed E-state index contributed by atoms with van der Waals surface area (Å²) in [5.74, 6) is -0.408. The van der Waals surface area contributed by atoms with Crippen molar-refractivity contribution in [1.82, 2.24) is 15.1 Å². The molecule has 1 fully saturated rings. The summed E-state index contributed by atoms with van der Waals surface area (Å²) in [6.07, 6.45) is 2.70. The first kappa shape index (κ1) is 21.5. The maximum Gasteiger partial charge on any atom is 0.294 e. The number of hydrogen-bond donors (Lipinski definition) is 2. The van der Waals surface area contributed by atoms with E-state index in [2.05, 4.69) is 10.4 Å². The minimum absolute atomic E-state index is 0. The van der Waals surface area contributed by atoms with Gasteiger partial charge in [-0.05, 0) is 38.3 Å². The van der Waals surface area contributed by atoms with Gasteiger partial charge in [-0.1, -0.05) is 18.6 Å². The number of nitrogens with zero attached hydrogens (tertiary/aromatic N) is 3. The van der Waals surface area contributed by atoms with Gasteiger partial charge >= 0.3 is 0 Å². The number of nitro benzene ring substituents is 1. The maximum atomic E-state index is 12.6. The van der Waals surface area contributed by atoms with Crippen molar-refractivity contribution in [3.05, 3.63) is 62.1 Å². The molecule has 1 aliphatic rings. The molecule has 0 saturated heterocycles. The number of amides is 1. The fourth-order valence-electron chi connectivity index (χ4n) is 3.49. The summed E-state index contributed by atoms with van der Waals surface area (Å²) >= 11 is 0. The van der Waals surface area contributed by atoms with Gasteiger partial charge in [0, 0.05) is 23.9 Å². The number of halogens is 1. The highest BCUT2D eigenvalue weighted by Gasteiger charge is 2.29. The highest BCUT2D eigenvalue weighted by molar-refractivity contribution is 5.92. The van der Waals surface area contributed by atoms with Crippen LogP contribution < -0.4 is 16.5 Å². The second-order valence-electron chi connectivity index (χ2n) is 6.66. The molecule has 3 rings (SSSR count). The summed E-state index contributed by atoms with van der Waals surface area (Å²) < 4.78 is 1.25. The van der Waals surface area contributed by atoms with Gasteiger partial charge in [0.2, 0.25) is 5.43 Å². The first-order valence-corrected chi connectivity index (χ1v) is 8.78. The van der Waals surface area contributed by atoms with Crippen LogP contribution in [0, 0.1) is 23.0 Å². The second-order valence-corrected chi connectivity index (χ2v) is 6.66. The van der Waals surface area contributed by atoms with E-state index in [0.717, 1.165) is 19.3 Å². The van der Waals surface area contributed by atoms with Crippen molar-refractivity contribution in [2.45, 2.75) is 32.2 Å². The number of rotatable bonds is 5. The number of benzene rings is 1. The van der Waals surface area contributed by atoms with Crippen molar-refractivity contribution in [2.24, 2.45) is 11.7 Å². The van der Waals surface area contributed by atoms with Crippen molar-refractivity contribution in [1.29, 1.82) is 0 Å². The maximum absolute atomic E-state index is 12.6. The Morgan fingerprint density at radius 3 is 2.79 bits per heavy atom. The summed E-state index contributed by atoms with van der Waals surface area (Å²) in [4.78, 5) is 35.7. The van der Waals surface area contributed by atoms with Crippen LogP contribution >= 0.6 is 12.4 Å². The van der Waals surface area contributed by atoms with Crippen LogP contribution in [0.4, 0.5) is 5.69 Å². The Bertz CT molecular complexity index is 946. The lowest BCUT2D eigenvalue weighted by molar-refractivity contribution is -0.384. The highest BCUT2D eigenvalue weighted by atomic mass is 35.5. The third kappa shape index (κ3) is 4.20. The molecule has 1 aliphatic carbocycles. The van der Waals surface area contributed by atoms with E-state index in [1.807, 2.05) is 0 Å². The third-order valence-electron chi connectivity index (χ3n) is 4.91. The lowest BCUT2D eigenvalue weighted by Crippen LogP contribution is -2.42. The summed E-state index contributed by atoms with van der Waals surface area (Å²) in [5, 5.41) is 18.3. The molecule has 0 aliphatic heterocycles. The molecule has 1 aromatic heterocycles. The minimum atomic E-state index is -0.585. The second kappa shape index (κ2) is 8.94. The summed E-state index contributed by atoms with van der Waals surface area (Å²) in [6.45, 7) is 2.07. The van der Waals surface area contributed by atoms with Crippen LogP contribution in [0.2, 0.25) is 0 Å². The molecule has 2 aromatic rings. The molecule has 0 spiro atoms. The number of hydrogen-bond acceptors (Lipinski definition) is 6. The average molecular weight is 408 g/mol. The molecular formula is C18H22ClN5O4. The van der Waals surface area contributed by atoms with Crippen molar-refractivity contribution < 1.29 is 9.72 Å². The van der Waals surface area contributed by atoms with E-state index in [9.17, 15) is 19.7 Å². The average Bonchev–Trinajstić information content (AvgIpc) is 3.08. The zero-order valence-electron chi connectivity index (χ0n) is 15.3. The summed E-state index contributed by atoms with van der Waals surface area (Å²) in [5.41, 5.74) is 5.34. The Labute approximate surface area is 167 Å². The predicted octanol–water partition coefficient (Wildman–Crippen LogP) is 1.73. The lowest BCUT2D eigenvalue weighted by Gasteiger charge is -2.19. The standard InChI is InChI=1S/C18H21N5O4.ClH/c1-11-9-16(24)17(18(25)20-13-6-4-5-12(13)10-19)21-22(11)14-7-2-3-8-15(14)23(26)27;/h2-3,7-9,12-13H,4-6,10,19H2,1H3,(H,20,25);1H. The SMILES string of the molecule is Cc1cc(=O)c(C(=O)NC2CCCC2CN)nn1-c1ccccc1[N+](=O)[O-].Cl. The number of nitro groups is 1. The Morgan fingerprint density at radius 2 is 2.11 bits per heavy atom. The van der Waals surface area contributed by atoms with Gasteiger partial charge in [-0.15, -0.1) is 12.4 Å². The number of nitrogens with one attached hydrogen (secondary N) is 1. The first-order chi connectivity index (χ1) is 12.9. The van der Waals surface area contributed by atoms with Gasteiger partial charge < -0.3 is 11.1 Å².